The number of alkyl halides is 1. The van der Waals surface area contributed by atoms with Crippen LogP contribution in [-0.2, 0) is 0 Å². The van der Waals surface area contributed by atoms with E-state index in [1.165, 1.54) is 0 Å². The summed E-state index contributed by atoms with van der Waals surface area (Å²) in [6, 6.07) is 5.61. The first-order valence-corrected chi connectivity index (χ1v) is 10.9. The van der Waals surface area contributed by atoms with Crippen LogP contribution in [0.3, 0.4) is 0 Å². The molecule has 0 N–H and O–H groups in total. The minimum Gasteiger partial charge on any atom is -0.334 e. The van der Waals surface area contributed by atoms with Gasteiger partial charge in [0.25, 0.3) is 5.91 Å². The molecule has 3 aromatic heterocycles. The Kier molecular flexibility index (Phi) is 4.68. The number of carbonyl (C=O) groups excluding carboxylic acids is 1. The van der Waals surface area contributed by atoms with Crippen LogP contribution in [0.2, 0.25) is 0 Å². The van der Waals surface area contributed by atoms with E-state index in [9.17, 15) is 4.79 Å². The van der Waals surface area contributed by atoms with Gasteiger partial charge in [-0.25, -0.2) is 19.6 Å². The zero-order valence-electron chi connectivity index (χ0n) is 16.7. The molecule has 0 radical (unpaired) electrons. The minimum atomic E-state index is -0.214. The van der Waals surface area contributed by atoms with Crippen LogP contribution in [0.5, 0.6) is 0 Å². The van der Waals surface area contributed by atoms with Gasteiger partial charge in [-0.3, -0.25) is 4.79 Å². The molecule has 1 amide bonds. The van der Waals surface area contributed by atoms with E-state index in [0.29, 0.717) is 30.4 Å². The van der Waals surface area contributed by atoms with Gasteiger partial charge in [-0.15, -0.1) is 5.10 Å². The number of aryl methyl sites for hydroxylation is 2. The predicted octanol–water partition coefficient (Wildman–Crippen LogP) is 2.18. The van der Waals surface area contributed by atoms with Gasteiger partial charge < -0.3 is 9.80 Å². The highest BCUT2D eigenvalue weighted by atomic mass is 127. The lowest BCUT2D eigenvalue weighted by atomic mass is 9.82. The maximum Gasteiger partial charge on any atom is 0.274 e. The van der Waals surface area contributed by atoms with Gasteiger partial charge in [0.1, 0.15) is 3.55 Å². The molecule has 30 heavy (non-hydrogen) atoms. The van der Waals surface area contributed by atoms with Crippen molar-refractivity contribution in [3.8, 4) is 5.69 Å². The number of aromatic nitrogens is 6. The van der Waals surface area contributed by atoms with Crippen molar-refractivity contribution in [2.45, 2.75) is 23.8 Å². The summed E-state index contributed by atoms with van der Waals surface area (Å²) < 4.78 is 1.36. The summed E-state index contributed by atoms with van der Waals surface area (Å²) in [6.07, 6.45) is 5.88. The third-order valence-corrected chi connectivity index (χ3v) is 7.60. The van der Waals surface area contributed by atoms with Gasteiger partial charge >= 0.3 is 0 Å². The number of likely N-dealkylation sites (tertiary alicyclic amines) is 1. The van der Waals surface area contributed by atoms with Crippen LogP contribution in [0.1, 0.15) is 28.3 Å². The Bertz CT molecular complexity index is 1080. The zero-order valence-corrected chi connectivity index (χ0v) is 18.9. The molecule has 0 aliphatic carbocycles. The van der Waals surface area contributed by atoms with Crippen molar-refractivity contribution in [1.29, 1.82) is 0 Å². The van der Waals surface area contributed by atoms with Crippen LogP contribution in [0.25, 0.3) is 5.69 Å². The summed E-state index contributed by atoms with van der Waals surface area (Å²) in [6.45, 7) is 6.20. The molecule has 5 rings (SSSR count). The number of nitrogens with zero attached hydrogens (tertiary/aromatic N) is 8. The molecular weight excluding hydrogens is 495 g/mol. The summed E-state index contributed by atoms with van der Waals surface area (Å²) in [5.74, 6) is 1.16. The van der Waals surface area contributed by atoms with Crippen molar-refractivity contribution in [2.24, 2.45) is 5.92 Å². The molecule has 0 saturated carbocycles. The normalized spacial score (nSPS) is 23.1. The van der Waals surface area contributed by atoms with E-state index in [4.69, 9.17) is 0 Å². The Hall–Kier alpha value is -2.63. The molecule has 2 aliphatic rings. The molecular formula is C20H21IN8O. The van der Waals surface area contributed by atoms with Crippen LogP contribution < -0.4 is 4.90 Å². The van der Waals surface area contributed by atoms with Gasteiger partial charge in [-0.2, -0.15) is 0 Å². The van der Waals surface area contributed by atoms with E-state index in [1.807, 2.05) is 30.9 Å². The fraction of sp³-hybridized carbons (Fsp3) is 0.400. The van der Waals surface area contributed by atoms with Crippen LogP contribution in [-0.4, -0.2) is 63.9 Å². The van der Waals surface area contributed by atoms with E-state index in [0.717, 1.165) is 30.3 Å². The molecule has 3 aromatic rings. The molecule has 5 heterocycles. The lowest BCUT2D eigenvalue weighted by Gasteiger charge is -2.59. The van der Waals surface area contributed by atoms with Gasteiger partial charge in [0.15, 0.2) is 5.69 Å². The smallest absolute Gasteiger partial charge is 0.274 e. The number of amides is 1. The van der Waals surface area contributed by atoms with Crippen molar-refractivity contribution in [3.05, 3.63) is 53.9 Å². The first-order valence-electron chi connectivity index (χ1n) is 9.85. The first-order chi connectivity index (χ1) is 14.5. The van der Waals surface area contributed by atoms with Gasteiger partial charge in [-0.1, -0.05) is 27.8 Å². The van der Waals surface area contributed by atoms with E-state index in [1.54, 1.807) is 29.3 Å². The second-order valence-electron chi connectivity index (χ2n) is 7.81. The third-order valence-electron chi connectivity index (χ3n) is 5.79. The summed E-state index contributed by atoms with van der Waals surface area (Å²) in [7, 11) is 0. The second-order valence-corrected chi connectivity index (χ2v) is 9.68. The van der Waals surface area contributed by atoms with Crippen LogP contribution >= 0.6 is 22.6 Å². The van der Waals surface area contributed by atoms with E-state index in [-0.39, 0.29) is 9.45 Å². The lowest BCUT2D eigenvalue weighted by Crippen LogP contribution is -2.72. The summed E-state index contributed by atoms with van der Waals surface area (Å²) in [5, 5.41) is 7.87. The topological polar surface area (TPSA) is 92.9 Å². The van der Waals surface area contributed by atoms with Crippen molar-refractivity contribution in [1.82, 2.24) is 34.8 Å². The lowest BCUT2D eigenvalue weighted by molar-refractivity contribution is 0.0559. The fourth-order valence-corrected chi connectivity index (χ4v) is 5.62. The maximum atomic E-state index is 13.4. The summed E-state index contributed by atoms with van der Waals surface area (Å²) in [5.41, 5.74) is 2.93. The molecule has 2 fully saturated rings. The highest BCUT2D eigenvalue weighted by molar-refractivity contribution is 14.1. The van der Waals surface area contributed by atoms with Crippen molar-refractivity contribution >= 4 is 34.4 Å². The largest absolute Gasteiger partial charge is 0.334 e. The number of hydrogen-bond donors (Lipinski definition) is 0. The minimum absolute atomic E-state index is 0.0937. The number of halogens is 1. The molecule has 10 heteroatoms. The molecule has 0 aromatic carbocycles. The van der Waals surface area contributed by atoms with Gasteiger partial charge in [0.2, 0.25) is 5.95 Å². The molecule has 154 valence electrons. The molecule has 2 atom stereocenters. The van der Waals surface area contributed by atoms with Gasteiger partial charge in [-0.05, 0) is 38.5 Å². The Morgan fingerprint density at radius 3 is 2.77 bits per heavy atom. The SMILES string of the molecule is Cc1cc(C)nc(N2C[C@@H]3CCN(C(=O)c4ncccc4-n4ccnn4)C[C@@]32I)n1. The number of rotatable bonds is 3. The fourth-order valence-electron chi connectivity index (χ4n) is 4.29. The Morgan fingerprint density at radius 2 is 2.03 bits per heavy atom. The van der Waals surface area contributed by atoms with Crippen LogP contribution in [0.4, 0.5) is 5.95 Å². The molecule has 0 unspecified atom stereocenters. The van der Waals surface area contributed by atoms with E-state index >= 15 is 0 Å². The van der Waals surface area contributed by atoms with Crippen LogP contribution in [0.15, 0.2) is 36.8 Å². The zero-order chi connectivity index (χ0) is 20.9. The second kappa shape index (κ2) is 7.25. The molecule has 9 nitrogen and oxygen atoms in total. The van der Waals surface area contributed by atoms with Crippen LogP contribution in [0, 0.1) is 19.8 Å². The number of piperidine rings is 1. The van der Waals surface area contributed by atoms with E-state index < -0.39 is 0 Å². The molecule has 0 bridgehead atoms. The Morgan fingerprint density at radius 1 is 1.23 bits per heavy atom. The average Bonchev–Trinajstić information content (AvgIpc) is 3.24. The maximum absolute atomic E-state index is 13.4. The first kappa shape index (κ1) is 19.3. The van der Waals surface area contributed by atoms with Crippen molar-refractivity contribution in [2.75, 3.05) is 24.5 Å². The quantitative estimate of drug-likeness (QED) is 0.300. The Labute approximate surface area is 187 Å². The highest BCUT2D eigenvalue weighted by Crippen LogP contribution is 2.49. The number of anilines is 1. The average molecular weight is 516 g/mol. The number of hydrogen-bond acceptors (Lipinski definition) is 7. The van der Waals surface area contributed by atoms with Crippen molar-refractivity contribution in [3.63, 3.8) is 0 Å². The monoisotopic (exact) mass is 516 g/mol. The number of pyridine rings is 1. The summed E-state index contributed by atoms with van der Waals surface area (Å²) >= 11 is 2.48. The van der Waals surface area contributed by atoms with Gasteiger partial charge in [0.05, 0.1) is 24.6 Å². The number of carbonyl (C=O) groups is 1. The summed E-state index contributed by atoms with van der Waals surface area (Å²) in [4.78, 5) is 31.2. The van der Waals surface area contributed by atoms with Gasteiger partial charge in [0, 0.05) is 36.6 Å². The number of fused-ring (bicyclic) bond motifs is 1. The van der Waals surface area contributed by atoms with Crippen molar-refractivity contribution < 1.29 is 4.79 Å². The standard InChI is InChI=1S/C20H21IN8O/c1-13-10-14(2)25-19(24-13)28-11-15-5-8-27(12-20(15,28)21)18(30)17-16(4-3-6-22-17)29-9-7-23-26-29/h3-4,6-7,9-10,15H,5,8,11-12H2,1-2H3/t15-,20-/m0/s1. The third kappa shape index (κ3) is 3.13. The molecule has 0 spiro atoms. The predicted molar refractivity (Wildman–Crippen MR) is 119 cm³/mol. The van der Waals surface area contributed by atoms with E-state index in [2.05, 4.69) is 52.8 Å². The molecule has 2 saturated heterocycles. The highest BCUT2D eigenvalue weighted by Gasteiger charge is 2.56. The molecule has 2 aliphatic heterocycles. The Balaban J connectivity index is 1.42.